The second kappa shape index (κ2) is 4.00. The van der Waals surface area contributed by atoms with Gasteiger partial charge in [0.2, 0.25) is 5.91 Å². The van der Waals surface area contributed by atoms with Crippen molar-refractivity contribution >= 4 is 11.9 Å². The average Bonchev–Trinajstić information content (AvgIpc) is 3.13. The van der Waals surface area contributed by atoms with Crippen LogP contribution in [0, 0.1) is 17.8 Å². The van der Waals surface area contributed by atoms with Crippen molar-refractivity contribution in [3.63, 3.8) is 0 Å². The molecule has 1 amide bonds. The topological polar surface area (TPSA) is 57.6 Å². The maximum Gasteiger partial charge on any atom is 0.305 e. The summed E-state index contributed by atoms with van der Waals surface area (Å²) in [6, 6.07) is -0.0412. The smallest absolute Gasteiger partial charge is 0.305 e. The van der Waals surface area contributed by atoms with E-state index in [1.165, 1.54) is 12.8 Å². The summed E-state index contributed by atoms with van der Waals surface area (Å²) in [5.74, 6) is 1.13. The van der Waals surface area contributed by atoms with Crippen molar-refractivity contribution in [3.05, 3.63) is 0 Å². The minimum absolute atomic E-state index is 0.0412. The molecule has 4 nitrogen and oxygen atoms in total. The number of likely N-dealkylation sites (tertiary alicyclic amines) is 1. The van der Waals surface area contributed by atoms with Crippen molar-refractivity contribution in [1.82, 2.24) is 4.90 Å². The number of carboxylic acids is 1. The molecule has 0 aromatic rings. The number of hydrogen-bond donors (Lipinski definition) is 1. The fourth-order valence-corrected chi connectivity index (χ4v) is 3.30. The third kappa shape index (κ3) is 2.17. The van der Waals surface area contributed by atoms with Gasteiger partial charge in [-0.2, -0.15) is 0 Å². The molecule has 3 atom stereocenters. The molecule has 2 aliphatic carbocycles. The predicted octanol–water partition coefficient (Wildman–Crippen LogP) is 1.50. The normalized spacial score (nSPS) is 36.0. The zero-order chi connectivity index (χ0) is 12.0. The summed E-state index contributed by atoms with van der Waals surface area (Å²) in [5.41, 5.74) is 0. The van der Waals surface area contributed by atoms with Crippen LogP contribution in [0.2, 0.25) is 0 Å². The van der Waals surface area contributed by atoms with Gasteiger partial charge in [0, 0.05) is 18.5 Å². The summed E-state index contributed by atoms with van der Waals surface area (Å²) in [4.78, 5) is 24.9. The van der Waals surface area contributed by atoms with E-state index in [9.17, 15) is 9.59 Å². The lowest BCUT2D eigenvalue weighted by atomic mass is 10.1. The lowest BCUT2D eigenvalue weighted by molar-refractivity contribution is -0.140. The van der Waals surface area contributed by atoms with Gasteiger partial charge in [-0.1, -0.05) is 0 Å². The summed E-state index contributed by atoms with van der Waals surface area (Å²) in [6.45, 7) is 0.769. The van der Waals surface area contributed by atoms with Crippen LogP contribution in [0.25, 0.3) is 0 Å². The van der Waals surface area contributed by atoms with Crippen LogP contribution in [0.15, 0.2) is 0 Å². The van der Waals surface area contributed by atoms with Gasteiger partial charge in [0.25, 0.3) is 0 Å². The van der Waals surface area contributed by atoms with E-state index in [2.05, 4.69) is 0 Å². The quantitative estimate of drug-likeness (QED) is 0.806. The minimum atomic E-state index is -0.788. The molecular formula is C13H19NO3. The van der Waals surface area contributed by atoms with Gasteiger partial charge < -0.3 is 10.0 Å². The number of nitrogens with zero attached hydrogens (tertiary/aromatic N) is 1. The van der Waals surface area contributed by atoms with E-state index in [0.29, 0.717) is 5.92 Å². The molecule has 3 fully saturated rings. The standard InChI is InChI=1S/C13H19NO3/c15-12(16)6-9-2-1-5-14(9)13(17)11-7-10(11)8-3-4-8/h8-11H,1-7H2,(H,15,16). The van der Waals surface area contributed by atoms with E-state index in [1.807, 2.05) is 4.90 Å². The molecule has 4 heteroatoms. The predicted molar refractivity (Wildman–Crippen MR) is 61.3 cm³/mol. The monoisotopic (exact) mass is 237 g/mol. The van der Waals surface area contributed by atoms with Crippen molar-refractivity contribution < 1.29 is 14.7 Å². The highest BCUT2D eigenvalue weighted by Gasteiger charge is 2.53. The maximum absolute atomic E-state index is 12.3. The Kier molecular flexibility index (Phi) is 2.60. The summed E-state index contributed by atoms with van der Waals surface area (Å²) in [7, 11) is 0. The zero-order valence-electron chi connectivity index (χ0n) is 9.97. The first-order chi connectivity index (χ1) is 8.16. The molecule has 0 aromatic heterocycles. The van der Waals surface area contributed by atoms with Crippen LogP contribution in [0.4, 0.5) is 0 Å². The Labute approximate surface area is 101 Å². The van der Waals surface area contributed by atoms with Crippen LogP contribution < -0.4 is 0 Å². The van der Waals surface area contributed by atoms with Gasteiger partial charge in [0.05, 0.1) is 6.42 Å². The molecule has 2 saturated carbocycles. The molecule has 17 heavy (non-hydrogen) atoms. The van der Waals surface area contributed by atoms with Gasteiger partial charge in [0.15, 0.2) is 0 Å². The molecule has 1 N–H and O–H groups in total. The van der Waals surface area contributed by atoms with Gasteiger partial charge in [-0.3, -0.25) is 9.59 Å². The third-order valence-electron chi connectivity index (χ3n) is 4.45. The van der Waals surface area contributed by atoms with E-state index in [4.69, 9.17) is 5.11 Å². The Balaban J connectivity index is 1.59. The Hall–Kier alpha value is -1.06. The number of aliphatic carboxylic acids is 1. The van der Waals surface area contributed by atoms with Crippen LogP contribution >= 0.6 is 0 Å². The van der Waals surface area contributed by atoms with Gasteiger partial charge in [0.1, 0.15) is 0 Å². The molecule has 1 saturated heterocycles. The molecule has 0 radical (unpaired) electrons. The first kappa shape index (κ1) is 11.1. The highest BCUT2D eigenvalue weighted by atomic mass is 16.4. The molecular weight excluding hydrogens is 218 g/mol. The minimum Gasteiger partial charge on any atom is -0.481 e. The number of rotatable bonds is 4. The lowest BCUT2D eigenvalue weighted by Gasteiger charge is -2.23. The number of carbonyl (C=O) groups is 2. The second-order valence-corrected chi connectivity index (χ2v) is 5.77. The second-order valence-electron chi connectivity index (χ2n) is 5.77. The number of hydrogen-bond acceptors (Lipinski definition) is 2. The highest BCUT2D eigenvalue weighted by molar-refractivity contribution is 5.83. The molecule has 0 aromatic carbocycles. The Morgan fingerprint density at radius 1 is 1.24 bits per heavy atom. The SMILES string of the molecule is O=C(O)CC1CCCN1C(=O)C1CC1C1CC1. The summed E-state index contributed by atoms with van der Waals surface area (Å²) >= 11 is 0. The lowest BCUT2D eigenvalue weighted by Crippen LogP contribution is -2.38. The number of carbonyl (C=O) groups excluding carboxylic acids is 1. The molecule has 1 aliphatic heterocycles. The van der Waals surface area contributed by atoms with Crippen molar-refractivity contribution in [2.45, 2.75) is 44.6 Å². The number of carboxylic acid groups (broad SMARTS) is 1. The average molecular weight is 237 g/mol. The van der Waals surface area contributed by atoms with Gasteiger partial charge >= 0.3 is 5.97 Å². The maximum atomic E-state index is 12.3. The molecule has 3 aliphatic rings. The van der Waals surface area contributed by atoms with Gasteiger partial charge in [-0.25, -0.2) is 0 Å². The fourth-order valence-electron chi connectivity index (χ4n) is 3.30. The van der Waals surface area contributed by atoms with E-state index >= 15 is 0 Å². The van der Waals surface area contributed by atoms with E-state index in [-0.39, 0.29) is 24.3 Å². The van der Waals surface area contributed by atoms with Gasteiger partial charge in [-0.15, -0.1) is 0 Å². The van der Waals surface area contributed by atoms with Crippen molar-refractivity contribution in [2.24, 2.45) is 17.8 Å². The van der Waals surface area contributed by atoms with Crippen molar-refractivity contribution in [1.29, 1.82) is 0 Å². The Bertz CT molecular complexity index is 351. The molecule has 3 unspecified atom stereocenters. The molecule has 1 heterocycles. The van der Waals surface area contributed by atoms with Crippen LogP contribution in [0.3, 0.4) is 0 Å². The van der Waals surface area contributed by atoms with E-state index in [0.717, 1.165) is 31.7 Å². The Morgan fingerprint density at radius 3 is 2.65 bits per heavy atom. The van der Waals surface area contributed by atoms with Crippen molar-refractivity contribution in [3.8, 4) is 0 Å². The van der Waals surface area contributed by atoms with E-state index in [1.54, 1.807) is 0 Å². The van der Waals surface area contributed by atoms with Crippen LogP contribution in [0.5, 0.6) is 0 Å². The zero-order valence-corrected chi connectivity index (χ0v) is 9.97. The first-order valence-corrected chi connectivity index (χ1v) is 6.69. The molecule has 3 rings (SSSR count). The third-order valence-corrected chi connectivity index (χ3v) is 4.45. The van der Waals surface area contributed by atoms with Crippen LogP contribution in [0.1, 0.15) is 38.5 Å². The Morgan fingerprint density at radius 2 is 2.00 bits per heavy atom. The molecule has 0 spiro atoms. The van der Waals surface area contributed by atoms with Crippen LogP contribution in [-0.2, 0) is 9.59 Å². The fraction of sp³-hybridized carbons (Fsp3) is 0.846. The summed E-state index contributed by atoms with van der Waals surface area (Å²) < 4.78 is 0. The summed E-state index contributed by atoms with van der Waals surface area (Å²) in [5, 5.41) is 8.84. The van der Waals surface area contributed by atoms with E-state index < -0.39 is 5.97 Å². The highest BCUT2D eigenvalue weighted by Crippen LogP contribution is 2.55. The molecule has 0 bridgehead atoms. The first-order valence-electron chi connectivity index (χ1n) is 6.69. The van der Waals surface area contributed by atoms with Gasteiger partial charge in [-0.05, 0) is 43.9 Å². The number of amides is 1. The largest absolute Gasteiger partial charge is 0.481 e. The van der Waals surface area contributed by atoms with Crippen molar-refractivity contribution in [2.75, 3.05) is 6.54 Å². The summed E-state index contributed by atoms with van der Waals surface area (Å²) in [6.07, 6.45) is 5.59. The molecule has 94 valence electrons. The van der Waals surface area contributed by atoms with Crippen LogP contribution in [-0.4, -0.2) is 34.5 Å².